The molecule has 8 nitrogen and oxygen atoms in total. The van der Waals surface area contributed by atoms with Crippen LogP contribution in [0.5, 0.6) is 5.75 Å². The first-order valence-corrected chi connectivity index (χ1v) is 6.53. The highest BCUT2D eigenvalue weighted by atomic mass is 16.5. The zero-order valence-corrected chi connectivity index (χ0v) is 12.2. The lowest BCUT2D eigenvalue weighted by molar-refractivity contribution is 0.0654. The number of ether oxygens (including phenoxy) is 3. The molecule has 0 amide bonds. The second-order valence-corrected chi connectivity index (χ2v) is 4.29. The molecule has 2 N–H and O–H groups in total. The number of benzene rings is 1. The Morgan fingerprint density at radius 2 is 2.05 bits per heavy atom. The molecule has 114 valence electrons. The van der Waals surface area contributed by atoms with Crippen LogP contribution in [0.3, 0.4) is 0 Å². The maximum absolute atomic E-state index is 5.82. The predicted molar refractivity (Wildman–Crippen MR) is 76.9 cm³/mol. The van der Waals surface area contributed by atoms with Crippen molar-refractivity contribution in [3.05, 3.63) is 18.2 Å². The number of nitrogens with zero attached hydrogens (tertiary/aromatic N) is 4. The minimum Gasteiger partial charge on any atom is -0.496 e. The first-order chi connectivity index (χ1) is 10.3. The van der Waals surface area contributed by atoms with Gasteiger partial charge in [0.1, 0.15) is 5.75 Å². The summed E-state index contributed by atoms with van der Waals surface area (Å²) in [6.07, 6.45) is 0. The molecule has 0 radical (unpaired) electrons. The van der Waals surface area contributed by atoms with Crippen LogP contribution in [-0.2, 0) is 16.0 Å². The summed E-state index contributed by atoms with van der Waals surface area (Å²) in [6.45, 7) is 2.12. The van der Waals surface area contributed by atoms with Gasteiger partial charge in [0.2, 0.25) is 0 Å². The fourth-order valence-electron chi connectivity index (χ4n) is 1.84. The second kappa shape index (κ2) is 7.55. The Morgan fingerprint density at radius 1 is 1.19 bits per heavy atom. The third-order valence-corrected chi connectivity index (χ3v) is 2.88. The molecule has 0 atom stereocenters. The minimum absolute atomic E-state index is 0.492. The van der Waals surface area contributed by atoms with E-state index in [4.69, 9.17) is 19.9 Å². The third-order valence-electron chi connectivity index (χ3n) is 2.88. The molecule has 0 unspecified atom stereocenters. The Hall–Kier alpha value is -2.19. The van der Waals surface area contributed by atoms with E-state index in [1.165, 1.54) is 0 Å². The Kier molecular flexibility index (Phi) is 5.47. The van der Waals surface area contributed by atoms with Crippen LogP contribution in [0.4, 0.5) is 5.69 Å². The highest BCUT2D eigenvalue weighted by molar-refractivity contribution is 5.68. The number of aromatic nitrogens is 4. The SMILES string of the molecule is COCCOCCn1nnnc1-c1cc(N)ccc1OC. The fraction of sp³-hybridized carbons (Fsp3) is 0.462. The molecule has 0 spiro atoms. The Labute approximate surface area is 122 Å². The Morgan fingerprint density at radius 3 is 2.81 bits per heavy atom. The number of rotatable bonds is 8. The number of hydrogen-bond donors (Lipinski definition) is 1. The maximum atomic E-state index is 5.82. The molecule has 0 saturated heterocycles. The molecule has 0 aliphatic heterocycles. The van der Waals surface area contributed by atoms with Gasteiger partial charge in [-0.25, -0.2) is 4.68 Å². The highest BCUT2D eigenvalue weighted by Crippen LogP contribution is 2.29. The lowest BCUT2D eigenvalue weighted by Gasteiger charge is -2.10. The summed E-state index contributed by atoms with van der Waals surface area (Å²) >= 11 is 0. The topological polar surface area (TPSA) is 97.3 Å². The summed E-state index contributed by atoms with van der Waals surface area (Å²) in [5.41, 5.74) is 7.19. The first-order valence-electron chi connectivity index (χ1n) is 6.53. The molecular weight excluding hydrogens is 274 g/mol. The summed E-state index contributed by atoms with van der Waals surface area (Å²) in [5.74, 6) is 1.26. The third kappa shape index (κ3) is 3.89. The van der Waals surface area contributed by atoms with Gasteiger partial charge in [0.05, 0.1) is 39.0 Å². The van der Waals surface area contributed by atoms with Crippen LogP contribution in [0.2, 0.25) is 0 Å². The van der Waals surface area contributed by atoms with Crippen LogP contribution in [0.25, 0.3) is 11.4 Å². The predicted octanol–water partition coefficient (Wildman–Crippen LogP) is 0.594. The normalized spacial score (nSPS) is 10.8. The van der Waals surface area contributed by atoms with Crippen LogP contribution in [0.1, 0.15) is 0 Å². The van der Waals surface area contributed by atoms with Gasteiger partial charge < -0.3 is 19.9 Å². The summed E-state index contributed by atoms with van der Waals surface area (Å²) in [7, 11) is 3.23. The minimum atomic E-state index is 0.492. The van der Waals surface area contributed by atoms with Crippen molar-refractivity contribution >= 4 is 5.69 Å². The van der Waals surface area contributed by atoms with Crippen molar-refractivity contribution in [2.24, 2.45) is 0 Å². The fourth-order valence-corrected chi connectivity index (χ4v) is 1.84. The van der Waals surface area contributed by atoms with Gasteiger partial charge in [-0.3, -0.25) is 0 Å². The molecule has 1 aromatic heterocycles. The van der Waals surface area contributed by atoms with E-state index in [1.54, 1.807) is 37.1 Å². The monoisotopic (exact) mass is 293 g/mol. The van der Waals surface area contributed by atoms with Gasteiger partial charge in [-0.15, -0.1) is 5.10 Å². The van der Waals surface area contributed by atoms with Gasteiger partial charge in [0.15, 0.2) is 5.82 Å². The summed E-state index contributed by atoms with van der Waals surface area (Å²) < 4.78 is 17.3. The van der Waals surface area contributed by atoms with Crippen molar-refractivity contribution in [3.8, 4) is 17.1 Å². The number of nitrogen functional groups attached to an aromatic ring is 1. The smallest absolute Gasteiger partial charge is 0.185 e. The van der Waals surface area contributed by atoms with Gasteiger partial charge in [-0.2, -0.15) is 0 Å². The van der Waals surface area contributed by atoms with E-state index in [2.05, 4.69) is 15.5 Å². The quantitative estimate of drug-likeness (QED) is 0.562. The van der Waals surface area contributed by atoms with Crippen molar-refractivity contribution in [1.29, 1.82) is 0 Å². The first kappa shape index (κ1) is 15.2. The van der Waals surface area contributed by atoms with Gasteiger partial charge in [0.25, 0.3) is 0 Å². The number of hydrogen-bond acceptors (Lipinski definition) is 7. The molecular formula is C13H19N5O3. The lowest BCUT2D eigenvalue weighted by atomic mass is 10.1. The molecule has 0 fully saturated rings. The molecule has 2 rings (SSSR count). The van der Waals surface area contributed by atoms with Crippen LogP contribution in [0.15, 0.2) is 18.2 Å². The molecule has 8 heteroatoms. The standard InChI is InChI=1S/C13H19N5O3/c1-19-7-8-21-6-5-18-13(15-16-17-18)11-9-10(14)3-4-12(11)20-2/h3-4,9H,5-8,14H2,1-2H3. The zero-order chi connectivity index (χ0) is 15.1. The summed E-state index contributed by atoms with van der Waals surface area (Å²) in [5, 5.41) is 11.7. The van der Waals surface area contributed by atoms with E-state index in [0.29, 0.717) is 43.6 Å². The van der Waals surface area contributed by atoms with Crippen molar-refractivity contribution < 1.29 is 14.2 Å². The Balaban J connectivity index is 2.11. The summed E-state index contributed by atoms with van der Waals surface area (Å²) in [4.78, 5) is 0. The van der Waals surface area contributed by atoms with Crippen molar-refractivity contribution in [2.45, 2.75) is 6.54 Å². The molecule has 0 bridgehead atoms. The molecule has 2 aromatic rings. The van der Waals surface area contributed by atoms with E-state index in [0.717, 1.165) is 5.56 Å². The average molecular weight is 293 g/mol. The van der Waals surface area contributed by atoms with Crippen LogP contribution >= 0.6 is 0 Å². The maximum Gasteiger partial charge on any atom is 0.185 e. The van der Waals surface area contributed by atoms with Crippen molar-refractivity contribution in [3.63, 3.8) is 0 Å². The van der Waals surface area contributed by atoms with E-state index in [-0.39, 0.29) is 0 Å². The van der Waals surface area contributed by atoms with Gasteiger partial charge in [-0.05, 0) is 28.6 Å². The van der Waals surface area contributed by atoms with E-state index < -0.39 is 0 Å². The molecule has 21 heavy (non-hydrogen) atoms. The number of nitrogens with two attached hydrogens (primary N) is 1. The van der Waals surface area contributed by atoms with Gasteiger partial charge >= 0.3 is 0 Å². The van der Waals surface area contributed by atoms with Crippen molar-refractivity contribution in [2.75, 3.05) is 39.8 Å². The number of tetrazole rings is 1. The highest BCUT2D eigenvalue weighted by Gasteiger charge is 2.14. The van der Waals surface area contributed by atoms with Gasteiger partial charge in [-0.1, -0.05) is 0 Å². The average Bonchev–Trinajstić information content (AvgIpc) is 2.95. The van der Waals surface area contributed by atoms with Crippen molar-refractivity contribution in [1.82, 2.24) is 20.2 Å². The zero-order valence-electron chi connectivity index (χ0n) is 12.2. The number of anilines is 1. The number of methoxy groups -OCH3 is 2. The van der Waals surface area contributed by atoms with Crippen LogP contribution in [-0.4, -0.2) is 54.2 Å². The van der Waals surface area contributed by atoms with Gasteiger partial charge in [0, 0.05) is 12.8 Å². The van der Waals surface area contributed by atoms with Crippen LogP contribution in [0, 0.1) is 0 Å². The largest absolute Gasteiger partial charge is 0.496 e. The van der Waals surface area contributed by atoms with E-state index in [9.17, 15) is 0 Å². The molecule has 0 aliphatic rings. The summed E-state index contributed by atoms with van der Waals surface area (Å²) in [6, 6.07) is 5.34. The van der Waals surface area contributed by atoms with E-state index >= 15 is 0 Å². The van der Waals surface area contributed by atoms with E-state index in [1.807, 2.05) is 0 Å². The second-order valence-electron chi connectivity index (χ2n) is 4.29. The molecule has 1 heterocycles. The molecule has 0 saturated carbocycles. The molecule has 1 aromatic carbocycles. The Bertz CT molecular complexity index is 573. The molecule has 0 aliphatic carbocycles. The lowest BCUT2D eigenvalue weighted by Crippen LogP contribution is -2.11. The van der Waals surface area contributed by atoms with Crippen LogP contribution < -0.4 is 10.5 Å².